The van der Waals surface area contributed by atoms with Gasteiger partial charge in [0.2, 0.25) is 0 Å². The summed E-state index contributed by atoms with van der Waals surface area (Å²) in [7, 11) is 0. The molecule has 0 saturated heterocycles. The lowest BCUT2D eigenvalue weighted by Crippen LogP contribution is -2.01. The first kappa shape index (κ1) is 11.8. The Balaban J connectivity index is 3.61. The minimum absolute atomic E-state index is 0.151. The van der Waals surface area contributed by atoms with Crippen LogP contribution >= 0.6 is 11.6 Å². The quantitative estimate of drug-likeness (QED) is 0.345. The van der Waals surface area contributed by atoms with Crippen LogP contribution in [0.15, 0.2) is 12.1 Å². The van der Waals surface area contributed by atoms with Gasteiger partial charge in [0.05, 0.1) is 10.5 Å². The number of nitro groups is 1. The first-order chi connectivity index (χ1) is 7.51. The Morgan fingerprint density at radius 2 is 2.19 bits per heavy atom. The van der Waals surface area contributed by atoms with E-state index in [1.807, 2.05) is 0 Å². The van der Waals surface area contributed by atoms with Gasteiger partial charge in [-0.1, -0.05) is 0 Å². The van der Waals surface area contributed by atoms with E-state index in [0.717, 1.165) is 12.1 Å². The Morgan fingerprint density at radius 3 is 2.56 bits per heavy atom. The first-order valence-corrected chi connectivity index (χ1v) is 4.26. The van der Waals surface area contributed by atoms with Crippen molar-refractivity contribution in [2.45, 2.75) is 0 Å². The van der Waals surface area contributed by atoms with E-state index in [9.17, 15) is 19.7 Å². The van der Waals surface area contributed by atoms with Crippen LogP contribution in [0.5, 0.6) is 0 Å². The molecule has 0 amide bonds. The van der Waals surface area contributed by atoms with Gasteiger partial charge in [-0.25, -0.2) is 0 Å². The number of hydrogen-bond acceptors (Lipinski definition) is 5. The third-order valence-electron chi connectivity index (χ3n) is 1.82. The second-order valence-electron chi connectivity index (χ2n) is 2.72. The molecule has 0 bridgehead atoms. The summed E-state index contributed by atoms with van der Waals surface area (Å²) < 4.78 is 0. The molecule has 1 rings (SSSR count). The van der Waals surface area contributed by atoms with E-state index in [1.165, 1.54) is 0 Å². The molecule has 0 aliphatic rings. The summed E-state index contributed by atoms with van der Waals surface area (Å²) in [5.41, 5.74) is -1.30. The van der Waals surface area contributed by atoms with Gasteiger partial charge in [-0.15, -0.1) is 0 Å². The monoisotopic (exact) mass is 238 g/mol. The molecule has 80 valence electrons. The minimum atomic E-state index is -0.991. The maximum Gasteiger partial charge on any atom is 0.287 e. The fourth-order valence-electron chi connectivity index (χ4n) is 1.11. The van der Waals surface area contributed by atoms with Gasteiger partial charge < -0.3 is 0 Å². The lowest BCUT2D eigenvalue weighted by atomic mass is 10.0. The second kappa shape index (κ2) is 4.51. The maximum atomic E-state index is 10.9. The highest BCUT2D eigenvalue weighted by molar-refractivity contribution is 6.68. The molecule has 0 aliphatic heterocycles. The van der Waals surface area contributed by atoms with Crippen molar-refractivity contribution in [1.29, 1.82) is 5.26 Å². The van der Waals surface area contributed by atoms with Gasteiger partial charge in [0, 0.05) is 11.6 Å². The number of nitriles is 1. The molecule has 1 aromatic carbocycles. The average Bonchev–Trinajstić information content (AvgIpc) is 2.26. The number of halogens is 1. The number of carbonyl (C=O) groups is 2. The average molecular weight is 239 g/mol. The predicted molar refractivity (Wildman–Crippen MR) is 53.4 cm³/mol. The third kappa shape index (κ3) is 2.04. The Bertz CT molecular complexity index is 533. The van der Waals surface area contributed by atoms with Crippen molar-refractivity contribution < 1.29 is 14.5 Å². The molecule has 0 saturated carbocycles. The zero-order chi connectivity index (χ0) is 12.3. The number of benzene rings is 1. The number of aldehydes is 1. The molecular formula is C9H3ClN2O4. The van der Waals surface area contributed by atoms with Crippen molar-refractivity contribution >= 4 is 28.8 Å². The summed E-state index contributed by atoms with van der Waals surface area (Å²) in [5, 5.41) is 18.2. The largest absolute Gasteiger partial charge is 0.298 e. The third-order valence-corrected chi connectivity index (χ3v) is 2.03. The lowest BCUT2D eigenvalue weighted by Gasteiger charge is -2.00. The SMILES string of the molecule is N#Cc1cc(C=O)c(C(=O)Cl)cc1[N+](=O)[O-]. The fourth-order valence-corrected chi connectivity index (χ4v) is 1.28. The molecule has 0 atom stereocenters. The number of nitrogens with zero attached hydrogens (tertiary/aromatic N) is 2. The molecule has 1 aromatic rings. The van der Waals surface area contributed by atoms with Crippen LogP contribution < -0.4 is 0 Å². The fraction of sp³-hybridized carbons (Fsp3) is 0. The topological polar surface area (TPSA) is 101 Å². The Morgan fingerprint density at radius 1 is 1.56 bits per heavy atom. The molecule has 0 aromatic heterocycles. The summed E-state index contributed by atoms with van der Waals surface area (Å²) in [6.45, 7) is 0. The second-order valence-corrected chi connectivity index (χ2v) is 3.06. The van der Waals surface area contributed by atoms with Crippen molar-refractivity contribution in [3.8, 4) is 6.07 Å². The van der Waals surface area contributed by atoms with Gasteiger partial charge >= 0.3 is 0 Å². The van der Waals surface area contributed by atoms with Gasteiger partial charge in [-0.05, 0) is 17.7 Å². The molecule has 0 unspecified atom stereocenters. The van der Waals surface area contributed by atoms with Gasteiger partial charge in [-0.2, -0.15) is 5.26 Å². The van der Waals surface area contributed by atoms with Crippen molar-refractivity contribution in [2.24, 2.45) is 0 Å². The lowest BCUT2D eigenvalue weighted by molar-refractivity contribution is -0.385. The van der Waals surface area contributed by atoms with Gasteiger partial charge in [0.25, 0.3) is 10.9 Å². The summed E-state index contributed by atoms with van der Waals surface area (Å²) >= 11 is 5.16. The van der Waals surface area contributed by atoms with Crippen LogP contribution in [-0.2, 0) is 0 Å². The molecule has 0 fully saturated rings. The van der Waals surface area contributed by atoms with Crippen molar-refractivity contribution in [2.75, 3.05) is 0 Å². The molecule has 6 nitrogen and oxygen atoms in total. The summed E-state index contributed by atoms with van der Waals surface area (Å²) in [4.78, 5) is 31.2. The van der Waals surface area contributed by atoms with Crippen molar-refractivity contribution in [3.63, 3.8) is 0 Å². The van der Waals surface area contributed by atoms with Crippen LogP contribution in [0, 0.1) is 21.4 Å². The van der Waals surface area contributed by atoms with E-state index in [-0.39, 0.29) is 16.7 Å². The predicted octanol–water partition coefficient (Wildman–Crippen LogP) is 1.66. The highest BCUT2D eigenvalue weighted by atomic mass is 35.5. The molecular weight excluding hydrogens is 236 g/mol. The van der Waals surface area contributed by atoms with E-state index in [4.69, 9.17) is 16.9 Å². The number of nitro benzene ring substituents is 1. The molecule has 0 heterocycles. The molecule has 0 radical (unpaired) electrons. The van der Waals surface area contributed by atoms with Crippen LogP contribution in [0.25, 0.3) is 0 Å². The maximum absolute atomic E-state index is 10.9. The van der Waals surface area contributed by atoms with Crippen molar-refractivity contribution in [1.82, 2.24) is 0 Å². The van der Waals surface area contributed by atoms with Crippen LogP contribution in [0.4, 0.5) is 5.69 Å². The normalized spacial score (nSPS) is 9.25. The van der Waals surface area contributed by atoms with Crippen LogP contribution in [0.3, 0.4) is 0 Å². The molecule has 16 heavy (non-hydrogen) atoms. The molecule has 0 spiro atoms. The zero-order valence-corrected chi connectivity index (χ0v) is 8.39. The van der Waals surface area contributed by atoms with Crippen LogP contribution in [-0.4, -0.2) is 16.5 Å². The van der Waals surface area contributed by atoms with Gasteiger partial charge in [-0.3, -0.25) is 19.7 Å². The van der Waals surface area contributed by atoms with Crippen LogP contribution in [0.2, 0.25) is 0 Å². The smallest absolute Gasteiger partial charge is 0.287 e. The number of rotatable bonds is 3. The van der Waals surface area contributed by atoms with E-state index < -0.39 is 15.9 Å². The Hall–Kier alpha value is -2.26. The Kier molecular flexibility index (Phi) is 3.33. The minimum Gasteiger partial charge on any atom is -0.298 e. The Labute approximate surface area is 94.2 Å². The molecule has 0 N–H and O–H groups in total. The molecule has 0 aliphatic carbocycles. The van der Waals surface area contributed by atoms with E-state index in [2.05, 4.69) is 0 Å². The highest BCUT2D eigenvalue weighted by Gasteiger charge is 2.20. The number of hydrogen-bond donors (Lipinski definition) is 0. The summed E-state index contributed by atoms with van der Waals surface area (Å²) in [5.74, 6) is 0. The van der Waals surface area contributed by atoms with Gasteiger partial charge in [0.15, 0.2) is 6.29 Å². The molecule has 7 heteroatoms. The highest BCUT2D eigenvalue weighted by Crippen LogP contribution is 2.23. The number of carbonyl (C=O) groups excluding carboxylic acids is 2. The standard InChI is InChI=1S/C9H3ClN2O4/c10-9(14)7-2-8(12(15)16)5(3-11)1-6(7)4-13/h1-2,4H. The van der Waals surface area contributed by atoms with E-state index in [1.54, 1.807) is 6.07 Å². The summed E-state index contributed by atoms with van der Waals surface area (Å²) in [6.07, 6.45) is 0.306. The zero-order valence-electron chi connectivity index (χ0n) is 7.64. The van der Waals surface area contributed by atoms with E-state index >= 15 is 0 Å². The van der Waals surface area contributed by atoms with E-state index in [0.29, 0.717) is 6.29 Å². The van der Waals surface area contributed by atoms with Gasteiger partial charge in [0.1, 0.15) is 11.6 Å². The van der Waals surface area contributed by atoms with Crippen molar-refractivity contribution in [3.05, 3.63) is 38.9 Å². The summed E-state index contributed by atoms with van der Waals surface area (Å²) in [6, 6.07) is 3.34. The van der Waals surface area contributed by atoms with Crippen LogP contribution in [0.1, 0.15) is 26.3 Å². The first-order valence-electron chi connectivity index (χ1n) is 3.88.